The highest BCUT2D eigenvalue weighted by Crippen LogP contribution is 2.38. The summed E-state index contributed by atoms with van der Waals surface area (Å²) in [6, 6.07) is 9.80. The second kappa shape index (κ2) is 8.92. The van der Waals surface area contributed by atoms with Crippen LogP contribution in [0.3, 0.4) is 0 Å². The van der Waals surface area contributed by atoms with Crippen molar-refractivity contribution < 1.29 is 23.4 Å². The van der Waals surface area contributed by atoms with Crippen LogP contribution in [0.25, 0.3) is 0 Å². The summed E-state index contributed by atoms with van der Waals surface area (Å²) in [5, 5.41) is 2.78. The molecule has 1 N–H and O–H groups in total. The number of ether oxygens (including phenoxy) is 3. The third-order valence-electron chi connectivity index (χ3n) is 3.74. The molecule has 0 aliphatic carbocycles. The number of aryl methyl sites for hydroxylation is 1. The average Bonchev–Trinajstić information content (AvgIpc) is 2.63. The number of carbonyl (C=O) groups is 1. The molecule has 0 fully saturated rings. The summed E-state index contributed by atoms with van der Waals surface area (Å²) in [5.41, 5.74) is 1.62. The van der Waals surface area contributed by atoms with Gasteiger partial charge in [0, 0.05) is 13.0 Å². The van der Waals surface area contributed by atoms with Crippen molar-refractivity contribution in [2.45, 2.75) is 19.4 Å². The minimum Gasteiger partial charge on any atom is -0.493 e. The molecule has 0 bridgehead atoms. The van der Waals surface area contributed by atoms with Gasteiger partial charge in [0.1, 0.15) is 5.82 Å². The SMILES string of the molecule is COc1cc(CCC(=O)NCc2cccc(F)c2)cc(OC)c1OC. The molecule has 0 radical (unpaired) electrons. The van der Waals surface area contributed by atoms with Crippen LogP contribution in [-0.4, -0.2) is 27.2 Å². The van der Waals surface area contributed by atoms with E-state index in [1.807, 2.05) is 12.1 Å². The first-order valence-corrected chi connectivity index (χ1v) is 7.87. The Balaban J connectivity index is 1.95. The Morgan fingerprint density at radius 1 is 1.00 bits per heavy atom. The lowest BCUT2D eigenvalue weighted by Gasteiger charge is -2.14. The molecule has 0 heterocycles. The van der Waals surface area contributed by atoms with E-state index in [2.05, 4.69) is 5.32 Å². The molecule has 0 aliphatic heterocycles. The van der Waals surface area contributed by atoms with Crippen molar-refractivity contribution in [3.8, 4) is 17.2 Å². The van der Waals surface area contributed by atoms with Crippen LogP contribution in [0.4, 0.5) is 4.39 Å². The van der Waals surface area contributed by atoms with Crippen LogP contribution >= 0.6 is 0 Å². The second-order valence-corrected chi connectivity index (χ2v) is 5.44. The maximum absolute atomic E-state index is 13.1. The molecule has 2 aromatic carbocycles. The van der Waals surface area contributed by atoms with Crippen molar-refractivity contribution in [2.24, 2.45) is 0 Å². The van der Waals surface area contributed by atoms with E-state index in [4.69, 9.17) is 14.2 Å². The fourth-order valence-electron chi connectivity index (χ4n) is 2.47. The number of hydrogen-bond donors (Lipinski definition) is 1. The summed E-state index contributed by atoms with van der Waals surface area (Å²) < 4.78 is 29.0. The van der Waals surface area contributed by atoms with Crippen molar-refractivity contribution in [3.05, 3.63) is 53.3 Å². The summed E-state index contributed by atoms with van der Waals surface area (Å²) in [6.07, 6.45) is 0.819. The predicted molar refractivity (Wildman–Crippen MR) is 92.7 cm³/mol. The molecule has 0 saturated carbocycles. The van der Waals surface area contributed by atoms with Gasteiger partial charge < -0.3 is 19.5 Å². The second-order valence-electron chi connectivity index (χ2n) is 5.44. The molecule has 0 saturated heterocycles. The highest BCUT2D eigenvalue weighted by molar-refractivity contribution is 5.76. The topological polar surface area (TPSA) is 56.8 Å². The third kappa shape index (κ3) is 5.11. The predicted octanol–water partition coefficient (Wildman–Crippen LogP) is 3.10. The summed E-state index contributed by atoms with van der Waals surface area (Å²) in [6.45, 7) is 0.297. The fraction of sp³-hybridized carbons (Fsp3) is 0.316. The van der Waals surface area contributed by atoms with Gasteiger partial charge in [0.15, 0.2) is 11.5 Å². The van der Waals surface area contributed by atoms with Crippen LogP contribution in [0, 0.1) is 5.82 Å². The van der Waals surface area contributed by atoms with Crippen molar-refractivity contribution in [2.75, 3.05) is 21.3 Å². The zero-order valence-electron chi connectivity index (χ0n) is 14.6. The number of halogens is 1. The number of methoxy groups -OCH3 is 3. The molecule has 0 atom stereocenters. The Morgan fingerprint density at radius 2 is 1.68 bits per heavy atom. The number of hydrogen-bond acceptors (Lipinski definition) is 4. The summed E-state index contributed by atoms with van der Waals surface area (Å²) in [7, 11) is 4.64. The first kappa shape index (κ1) is 18.6. The van der Waals surface area contributed by atoms with Gasteiger partial charge in [0.25, 0.3) is 0 Å². The monoisotopic (exact) mass is 347 g/mol. The molecular weight excluding hydrogens is 325 g/mol. The summed E-state index contributed by atoms with van der Waals surface area (Å²) in [4.78, 5) is 12.0. The van der Waals surface area contributed by atoms with Gasteiger partial charge in [0.2, 0.25) is 11.7 Å². The maximum atomic E-state index is 13.1. The minimum absolute atomic E-state index is 0.113. The molecule has 2 aromatic rings. The zero-order chi connectivity index (χ0) is 18.2. The first-order chi connectivity index (χ1) is 12.1. The highest BCUT2D eigenvalue weighted by Gasteiger charge is 2.13. The molecule has 25 heavy (non-hydrogen) atoms. The van der Waals surface area contributed by atoms with E-state index in [1.54, 1.807) is 33.5 Å². The lowest BCUT2D eigenvalue weighted by Crippen LogP contribution is -2.23. The molecule has 0 unspecified atom stereocenters. The van der Waals surface area contributed by atoms with E-state index in [9.17, 15) is 9.18 Å². The number of benzene rings is 2. The Hall–Kier alpha value is -2.76. The lowest BCUT2D eigenvalue weighted by molar-refractivity contribution is -0.121. The Morgan fingerprint density at radius 3 is 2.24 bits per heavy atom. The van der Waals surface area contributed by atoms with Crippen LogP contribution < -0.4 is 19.5 Å². The van der Waals surface area contributed by atoms with Gasteiger partial charge in [-0.25, -0.2) is 4.39 Å². The Labute approximate surface area is 146 Å². The van der Waals surface area contributed by atoms with E-state index >= 15 is 0 Å². The van der Waals surface area contributed by atoms with Crippen molar-refractivity contribution in [3.63, 3.8) is 0 Å². The molecule has 0 spiro atoms. The normalized spacial score (nSPS) is 10.2. The summed E-state index contributed by atoms with van der Waals surface area (Å²) in [5.74, 6) is 1.19. The number of carbonyl (C=O) groups excluding carboxylic acids is 1. The van der Waals surface area contributed by atoms with Crippen molar-refractivity contribution in [1.82, 2.24) is 5.32 Å². The van der Waals surface area contributed by atoms with Gasteiger partial charge in [-0.2, -0.15) is 0 Å². The number of rotatable bonds is 8. The maximum Gasteiger partial charge on any atom is 0.220 e. The van der Waals surface area contributed by atoms with Crippen LogP contribution in [0.2, 0.25) is 0 Å². The van der Waals surface area contributed by atoms with Gasteiger partial charge in [0.05, 0.1) is 21.3 Å². The number of nitrogens with one attached hydrogen (secondary N) is 1. The van der Waals surface area contributed by atoms with E-state index in [-0.39, 0.29) is 11.7 Å². The molecule has 1 amide bonds. The largest absolute Gasteiger partial charge is 0.493 e. The standard InChI is InChI=1S/C19H22FNO4/c1-23-16-10-13(11-17(24-2)19(16)25-3)7-8-18(22)21-12-14-5-4-6-15(20)9-14/h4-6,9-11H,7-8,12H2,1-3H3,(H,21,22). The van der Waals surface area contributed by atoms with Gasteiger partial charge in [-0.3, -0.25) is 4.79 Å². The van der Waals surface area contributed by atoms with Gasteiger partial charge in [-0.05, 0) is 41.8 Å². The van der Waals surface area contributed by atoms with E-state index in [0.717, 1.165) is 11.1 Å². The van der Waals surface area contributed by atoms with Crippen LogP contribution in [0.1, 0.15) is 17.5 Å². The summed E-state index contributed by atoms with van der Waals surface area (Å²) >= 11 is 0. The molecule has 2 rings (SSSR count). The van der Waals surface area contributed by atoms with Gasteiger partial charge >= 0.3 is 0 Å². The lowest BCUT2D eigenvalue weighted by atomic mass is 10.1. The fourth-order valence-corrected chi connectivity index (χ4v) is 2.47. The van der Waals surface area contributed by atoms with Crippen LogP contribution in [0.5, 0.6) is 17.2 Å². The molecule has 0 aromatic heterocycles. The number of amides is 1. The molecule has 134 valence electrons. The van der Waals surface area contributed by atoms with Gasteiger partial charge in [-0.1, -0.05) is 12.1 Å². The Bertz CT molecular complexity index is 708. The molecule has 0 aliphatic rings. The average molecular weight is 347 g/mol. The van der Waals surface area contributed by atoms with Gasteiger partial charge in [-0.15, -0.1) is 0 Å². The quantitative estimate of drug-likeness (QED) is 0.797. The first-order valence-electron chi connectivity index (χ1n) is 7.87. The zero-order valence-corrected chi connectivity index (χ0v) is 14.6. The highest BCUT2D eigenvalue weighted by atomic mass is 19.1. The van der Waals surface area contributed by atoms with Crippen molar-refractivity contribution in [1.29, 1.82) is 0 Å². The molecular formula is C19H22FNO4. The van der Waals surface area contributed by atoms with E-state index in [1.165, 1.54) is 12.1 Å². The van der Waals surface area contributed by atoms with E-state index in [0.29, 0.717) is 36.6 Å². The third-order valence-corrected chi connectivity index (χ3v) is 3.74. The van der Waals surface area contributed by atoms with Crippen LogP contribution in [-0.2, 0) is 17.8 Å². The van der Waals surface area contributed by atoms with E-state index < -0.39 is 0 Å². The molecule has 5 nitrogen and oxygen atoms in total. The minimum atomic E-state index is -0.316. The Kier molecular flexibility index (Phi) is 6.62. The van der Waals surface area contributed by atoms with Crippen molar-refractivity contribution >= 4 is 5.91 Å². The van der Waals surface area contributed by atoms with Crippen LogP contribution in [0.15, 0.2) is 36.4 Å². The molecule has 6 heteroatoms. The smallest absolute Gasteiger partial charge is 0.220 e.